The minimum absolute atomic E-state index is 0.157. The highest BCUT2D eigenvalue weighted by molar-refractivity contribution is 5.25. The summed E-state index contributed by atoms with van der Waals surface area (Å²) in [6.45, 7) is 5.27. The number of hydrogen-bond acceptors (Lipinski definition) is 2. The van der Waals surface area contributed by atoms with E-state index in [2.05, 4.69) is 6.92 Å². The average molecular weight is 238 g/mol. The van der Waals surface area contributed by atoms with Gasteiger partial charge in [0.25, 0.3) is 0 Å². The van der Waals surface area contributed by atoms with Crippen molar-refractivity contribution in [1.82, 2.24) is 0 Å². The van der Waals surface area contributed by atoms with E-state index in [1.54, 1.807) is 0 Å². The first-order chi connectivity index (χ1) is 8.08. The van der Waals surface area contributed by atoms with Crippen LogP contribution >= 0.6 is 0 Å². The van der Waals surface area contributed by atoms with Crippen molar-refractivity contribution < 1.29 is 14.2 Å². The number of aliphatic hydroxyl groups excluding tert-OH is 1. The highest BCUT2D eigenvalue weighted by Gasteiger charge is 2.29. The molecule has 3 unspecified atom stereocenters. The first-order valence-corrected chi connectivity index (χ1v) is 6.11. The normalized spacial score (nSPS) is 26.8. The number of aryl methyl sites for hydroxylation is 1. The van der Waals surface area contributed by atoms with Gasteiger partial charge in [0.2, 0.25) is 0 Å². The lowest BCUT2D eigenvalue weighted by Crippen LogP contribution is -2.30. The van der Waals surface area contributed by atoms with Crippen LogP contribution < -0.4 is 0 Å². The van der Waals surface area contributed by atoms with Crippen molar-refractivity contribution in [2.75, 3.05) is 13.2 Å². The van der Waals surface area contributed by atoms with Crippen LogP contribution in [0.2, 0.25) is 0 Å². The van der Waals surface area contributed by atoms with Crippen LogP contribution in [0.3, 0.4) is 0 Å². The van der Waals surface area contributed by atoms with Crippen LogP contribution in [0, 0.1) is 24.6 Å². The molecule has 1 aliphatic heterocycles. The number of rotatable bonds is 2. The van der Waals surface area contributed by atoms with Crippen molar-refractivity contribution in [2.24, 2.45) is 11.8 Å². The van der Waals surface area contributed by atoms with E-state index in [1.165, 1.54) is 12.1 Å². The van der Waals surface area contributed by atoms with Crippen molar-refractivity contribution in [1.29, 1.82) is 0 Å². The Morgan fingerprint density at radius 1 is 1.41 bits per heavy atom. The van der Waals surface area contributed by atoms with E-state index < -0.39 is 6.10 Å². The van der Waals surface area contributed by atoms with E-state index in [1.807, 2.05) is 13.0 Å². The molecule has 1 aliphatic rings. The first kappa shape index (κ1) is 12.5. The van der Waals surface area contributed by atoms with Gasteiger partial charge in [0, 0.05) is 13.2 Å². The van der Waals surface area contributed by atoms with Crippen LogP contribution in [-0.4, -0.2) is 18.3 Å². The van der Waals surface area contributed by atoms with E-state index in [4.69, 9.17) is 4.74 Å². The molecule has 0 radical (unpaired) electrons. The second kappa shape index (κ2) is 5.15. The molecule has 0 spiro atoms. The molecule has 3 atom stereocenters. The maximum absolute atomic E-state index is 13.3. The van der Waals surface area contributed by atoms with Gasteiger partial charge in [-0.25, -0.2) is 4.39 Å². The molecule has 3 heteroatoms. The number of benzene rings is 1. The number of hydrogen-bond donors (Lipinski definition) is 1. The molecule has 1 N–H and O–H groups in total. The van der Waals surface area contributed by atoms with Gasteiger partial charge in [-0.15, -0.1) is 0 Å². The molecule has 0 aromatic heterocycles. The minimum atomic E-state index is -0.594. The molecule has 0 aliphatic carbocycles. The fraction of sp³-hybridized carbons (Fsp3) is 0.571. The molecular formula is C14H19FO2. The third-order valence-electron chi connectivity index (χ3n) is 3.52. The molecule has 2 nitrogen and oxygen atoms in total. The summed E-state index contributed by atoms with van der Waals surface area (Å²) in [7, 11) is 0. The van der Waals surface area contributed by atoms with E-state index in [0.29, 0.717) is 24.7 Å². The predicted octanol–water partition coefficient (Wildman–Crippen LogP) is 2.84. The highest BCUT2D eigenvalue weighted by Crippen LogP contribution is 2.34. The molecule has 1 aromatic carbocycles. The van der Waals surface area contributed by atoms with Gasteiger partial charge in [-0.2, -0.15) is 0 Å². The summed E-state index contributed by atoms with van der Waals surface area (Å²) in [4.78, 5) is 0. The summed E-state index contributed by atoms with van der Waals surface area (Å²) < 4.78 is 18.7. The Bertz CT molecular complexity index is 372. The molecule has 1 aromatic rings. The summed E-state index contributed by atoms with van der Waals surface area (Å²) >= 11 is 0. The van der Waals surface area contributed by atoms with E-state index in [0.717, 1.165) is 12.0 Å². The standard InChI is InChI=1S/C14H19FO2/c1-9-5-11(7-12(15)6-9)14(16)13-3-4-17-8-10(13)2/h5-7,10,13-14,16H,3-4,8H2,1-2H3. The van der Waals surface area contributed by atoms with Crippen molar-refractivity contribution in [3.05, 3.63) is 35.1 Å². The third kappa shape index (κ3) is 2.85. The van der Waals surface area contributed by atoms with Crippen molar-refractivity contribution in [3.63, 3.8) is 0 Å². The predicted molar refractivity (Wildman–Crippen MR) is 64.2 cm³/mol. The van der Waals surface area contributed by atoms with Gasteiger partial charge in [-0.05, 0) is 48.4 Å². The van der Waals surface area contributed by atoms with E-state index in [9.17, 15) is 9.50 Å². The van der Waals surface area contributed by atoms with Crippen LogP contribution in [0.4, 0.5) is 4.39 Å². The fourth-order valence-corrected chi connectivity index (χ4v) is 2.55. The zero-order chi connectivity index (χ0) is 12.4. The molecule has 1 fully saturated rings. The molecule has 0 amide bonds. The molecule has 0 bridgehead atoms. The zero-order valence-corrected chi connectivity index (χ0v) is 10.3. The lowest BCUT2D eigenvalue weighted by molar-refractivity contribution is -0.0310. The maximum atomic E-state index is 13.3. The summed E-state index contributed by atoms with van der Waals surface area (Å²) in [5.74, 6) is 0.186. The lowest BCUT2D eigenvalue weighted by Gasteiger charge is -2.32. The number of halogens is 1. The molecule has 1 heterocycles. The zero-order valence-electron chi connectivity index (χ0n) is 10.3. The van der Waals surface area contributed by atoms with Gasteiger partial charge in [0.1, 0.15) is 5.82 Å². The second-order valence-electron chi connectivity index (χ2n) is 5.01. The van der Waals surface area contributed by atoms with Crippen molar-refractivity contribution >= 4 is 0 Å². The summed E-state index contributed by atoms with van der Waals surface area (Å²) in [6.07, 6.45) is 0.237. The van der Waals surface area contributed by atoms with Crippen LogP contribution in [0.15, 0.2) is 18.2 Å². The molecule has 0 saturated carbocycles. The number of aliphatic hydroxyl groups is 1. The smallest absolute Gasteiger partial charge is 0.123 e. The van der Waals surface area contributed by atoms with E-state index >= 15 is 0 Å². The monoisotopic (exact) mass is 238 g/mol. The largest absolute Gasteiger partial charge is 0.388 e. The minimum Gasteiger partial charge on any atom is -0.388 e. The summed E-state index contributed by atoms with van der Waals surface area (Å²) in [6, 6.07) is 4.76. The van der Waals surface area contributed by atoms with Crippen LogP contribution in [0.1, 0.15) is 30.6 Å². The van der Waals surface area contributed by atoms with Gasteiger partial charge in [0.05, 0.1) is 6.10 Å². The quantitative estimate of drug-likeness (QED) is 0.858. The molecule has 17 heavy (non-hydrogen) atoms. The number of ether oxygens (including phenoxy) is 1. The molecular weight excluding hydrogens is 219 g/mol. The Morgan fingerprint density at radius 2 is 2.18 bits per heavy atom. The van der Waals surface area contributed by atoms with Crippen LogP contribution in [0.25, 0.3) is 0 Å². The Labute approximate surface area is 101 Å². The van der Waals surface area contributed by atoms with Gasteiger partial charge in [-0.3, -0.25) is 0 Å². The third-order valence-corrected chi connectivity index (χ3v) is 3.52. The van der Waals surface area contributed by atoms with Gasteiger partial charge in [-0.1, -0.05) is 13.0 Å². The van der Waals surface area contributed by atoms with Crippen molar-refractivity contribution in [2.45, 2.75) is 26.4 Å². The van der Waals surface area contributed by atoms with Gasteiger partial charge in [0.15, 0.2) is 0 Å². The van der Waals surface area contributed by atoms with Crippen LogP contribution in [0.5, 0.6) is 0 Å². The average Bonchev–Trinajstić information content (AvgIpc) is 2.27. The Morgan fingerprint density at radius 3 is 2.82 bits per heavy atom. The van der Waals surface area contributed by atoms with Crippen molar-refractivity contribution in [3.8, 4) is 0 Å². The van der Waals surface area contributed by atoms with Gasteiger partial charge >= 0.3 is 0 Å². The summed E-state index contributed by atoms with van der Waals surface area (Å²) in [5, 5.41) is 10.3. The molecule has 1 saturated heterocycles. The SMILES string of the molecule is Cc1cc(F)cc(C(O)C2CCOCC2C)c1. The second-order valence-corrected chi connectivity index (χ2v) is 5.01. The Kier molecular flexibility index (Phi) is 3.79. The van der Waals surface area contributed by atoms with Crippen LogP contribution in [-0.2, 0) is 4.74 Å². The first-order valence-electron chi connectivity index (χ1n) is 6.11. The molecule has 94 valence electrons. The fourth-order valence-electron chi connectivity index (χ4n) is 2.55. The summed E-state index contributed by atoms with van der Waals surface area (Å²) in [5.41, 5.74) is 1.53. The maximum Gasteiger partial charge on any atom is 0.123 e. The topological polar surface area (TPSA) is 29.5 Å². The van der Waals surface area contributed by atoms with Gasteiger partial charge < -0.3 is 9.84 Å². The Balaban J connectivity index is 2.20. The Hall–Kier alpha value is -0.930. The molecule has 2 rings (SSSR count). The lowest BCUT2D eigenvalue weighted by atomic mass is 9.82. The van der Waals surface area contributed by atoms with E-state index in [-0.39, 0.29) is 11.7 Å². The highest BCUT2D eigenvalue weighted by atomic mass is 19.1.